The van der Waals surface area contributed by atoms with Gasteiger partial charge < -0.3 is 4.98 Å². The largest absolute Gasteiger partial charge is 0.354 e. The first-order chi connectivity index (χ1) is 7.27. The highest BCUT2D eigenvalue weighted by Crippen LogP contribution is 2.26. The van der Waals surface area contributed by atoms with Gasteiger partial charge in [-0.2, -0.15) is 0 Å². The number of Topliss-reactive ketones (excluding diaryl/α,β-unsaturated/α-hetero) is 1. The van der Waals surface area contributed by atoms with Crippen molar-refractivity contribution in [2.24, 2.45) is 0 Å². The topological polar surface area (TPSA) is 49.9 Å². The van der Waals surface area contributed by atoms with Crippen LogP contribution in [0.4, 0.5) is 0 Å². The van der Waals surface area contributed by atoms with E-state index in [0.717, 1.165) is 16.6 Å². The van der Waals surface area contributed by atoms with E-state index in [1.165, 1.54) is 6.08 Å². The standard InChI is InChI=1S/C12H7NO2/c14-10-6-5-9-11(12(10)15)7-3-1-2-4-8(7)13-9/h1-6,13H. The van der Waals surface area contributed by atoms with Gasteiger partial charge in [0.15, 0.2) is 0 Å². The molecule has 0 fully saturated rings. The van der Waals surface area contributed by atoms with Crippen molar-refractivity contribution in [1.82, 2.24) is 4.98 Å². The highest BCUT2D eigenvalue weighted by molar-refractivity contribution is 6.51. The predicted molar refractivity (Wildman–Crippen MR) is 56.7 cm³/mol. The number of benzene rings is 1. The fourth-order valence-electron chi connectivity index (χ4n) is 1.89. The zero-order valence-corrected chi connectivity index (χ0v) is 7.78. The molecule has 0 radical (unpaired) electrons. The molecule has 1 N–H and O–H groups in total. The van der Waals surface area contributed by atoms with Gasteiger partial charge in [0.05, 0.1) is 11.3 Å². The second-order valence-electron chi connectivity index (χ2n) is 3.49. The number of allylic oxidation sites excluding steroid dienone is 1. The maximum absolute atomic E-state index is 11.7. The third kappa shape index (κ3) is 1.00. The smallest absolute Gasteiger partial charge is 0.235 e. The maximum atomic E-state index is 11.7. The molecule has 1 heterocycles. The van der Waals surface area contributed by atoms with Gasteiger partial charge in [0.1, 0.15) is 0 Å². The zero-order valence-electron chi connectivity index (χ0n) is 7.78. The van der Waals surface area contributed by atoms with Gasteiger partial charge in [-0.25, -0.2) is 0 Å². The van der Waals surface area contributed by atoms with Crippen molar-refractivity contribution in [3.8, 4) is 0 Å². The molecule has 1 aromatic carbocycles. The lowest BCUT2D eigenvalue weighted by Gasteiger charge is -2.01. The summed E-state index contributed by atoms with van der Waals surface area (Å²) >= 11 is 0. The highest BCUT2D eigenvalue weighted by atomic mass is 16.2. The van der Waals surface area contributed by atoms with E-state index in [4.69, 9.17) is 0 Å². The number of ketones is 2. The van der Waals surface area contributed by atoms with Crippen LogP contribution in [0.15, 0.2) is 30.3 Å². The van der Waals surface area contributed by atoms with Crippen molar-refractivity contribution in [2.75, 3.05) is 0 Å². The number of para-hydroxylation sites is 1. The van der Waals surface area contributed by atoms with E-state index in [-0.39, 0.29) is 0 Å². The Morgan fingerprint density at radius 2 is 1.80 bits per heavy atom. The number of rotatable bonds is 0. The lowest BCUT2D eigenvalue weighted by molar-refractivity contribution is -0.110. The molecule has 1 aromatic heterocycles. The molecule has 0 saturated heterocycles. The number of nitrogens with one attached hydrogen (secondary N) is 1. The van der Waals surface area contributed by atoms with Gasteiger partial charge in [0.2, 0.25) is 11.6 Å². The summed E-state index contributed by atoms with van der Waals surface area (Å²) in [5, 5.41) is 0.815. The van der Waals surface area contributed by atoms with Crippen LogP contribution in [0.2, 0.25) is 0 Å². The van der Waals surface area contributed by atoms with Crippen molar-refractivity contribution >= 4 is 28.5 Å². The average molecular weight is 197 g/mol. The second-order valence-corrected chi connectivity index (χ2v) is 3.49. The number of carbonyl (C=O) groups is 2. The van der Waals surface area contributed by atoms with E-state index in [1.54, 1.807) is 6.08 Å². The molecule has 0 unspecified atom stereocenters. The van der Waals surface area contributed by atoms with Crippen molar-refractivity contribution in [3.05, 3.63) is 41.6 Å². The number of carbonyl (C=O) groups excluding carboxylic acids is 2. The van der Waals surface area contributed by atoms with Gasteiger partial charge in [-0.3, -0.25) is 9.59 Å². The minimum Gasteiger partial charge on any atom is -0.354 e. The summed E-state index contributed by atoms with van der Waals surface area (Å²) in [5.74, 6) is -0.878. The molecule has 0 atom stereocenters. The summed E-state index contributed by atoms with van der Waals surface area (Å²) in [5.41, 5.74) is 2.11. The Balaban J connectivity index is 2.45. The monoisotopic (exact) mass is 197 g/mol. The molecule has 3 heteroatoms. The van der Waals surface area contributed by atoms with E-state index in [2.05, 4.69) is 4.98 Å². The Morgan fingerprint density at radius 3 is 2.67 bits per heavy atom. The van der Waals surface area contributed by atoms with Crippen LogP contribution >= 0.6 is 0 Å². The van der Waals surface area contributed by atoms with Crippen molar-refractivity contribution in [2.45, 2.75) is 0 Å². The van der Waals surface area contributed by atoms with Crippen LogP contribution in [0.25, 0.3) is 17.0 Å². The molecule has 1 aliphatic rings. The van der Waals surface area contributed by atoms with Crippen LogP contribution in [0.5, 0.6) is 0 Å². The number of hydrogen-bond donors (Lipinski definition) is 1. The average Bonchev–Trinajstić information content (AvgIpc) is 2.62. The normalized spacial score (nSPS) is 14.7. The van der Waals surface area contributed by atoms with Gasteiger partial charge in [0, 0.05) is 10.9 Å². The van der Waals surface area contributed by atoms with Crippen molar-refractivity contribution in [3.63, 3.8) is 0 Å². The molecule has 0 amide bonds. The van der Waals surface area contributed by atoms with E-state index >= 15 is 0 Å². The Morgan fingerprint density at radius 1 is 1.00 bits per heavy atom. The summed E-state index contributed by atoms with van der Waals surface area (Å²) in [6.45, 7) is 0. The molecule has 2 aromatic rings. The Bertz CT molecular complexity index is 620. The number of hydrogen-bond acceptors (Lipinski definition) is 2. The molecular weight excluding hydrogens is 190 g/mol. The van der Waals surface area contributed by atoms with Crippen LogP contribution in [0.3, 0.4) is 0 Å². The number of aromatic amines is 1. The van der Waals surface area contributed by atoms with Gasteiger partial charge in [-0.15, -0.1) is 0 Å². The quantitative estimate of drug-likeness (QED) is 0.656. The molecular formula is C12H7NO2. The van der Waals surface area contributed by atoms with Gasteiger partial charge in [-0.05, 0) is 18.2 Å². The zero-order chi connectivity index (χ0) is 10.4. The Kier molecular flexibility index (Phi) is 1.45. The molecule has 72 valence electrons. The van der Waals surface area contributed by atoms with Crippen LogP contribution in [-0.2, 0) is 4.79 Å². The molecule has 0 bridgehead atoms. The third-order valence-electron chi connectivity index (χ3n) is 2.59. The Hall–Kier alpha value is -2.16. The van der Waals surface area contributed by atoms with E-state index < -0.39 is 11.6 Å². The van der Waals surface area contributed by atoms with Crippen LogP contribution < -0.4 is 0 Å². The fourth-order valence-corrected chi connectivity index (χ4v) is 1.89. The molecule has 1 aliphatic carbocycles. The highest BCUT2D eigenvalue weighted by Gasteiger charge is 2.24. The molecule has 15 heavy (non-hydrogen) atoms. The van der Waals surface area contributed by atoms with Crippen molar-refractivity contribution < 1.29 is 9.59 Å². The second kappa shape index (κ2) is 2.67. The molecule has 0 spiro atoms. The lowest BCUT2D eigenvalue weighted by Crippen LogP contribution is -2.15. The molecule has 3 rings (SSSR count). The molecule has 3 nitrogen and oxygen atoms in total. The lowest BCUT2D eigenvalue weighted by atomic mass is 9.99. The first-order valence-corrected chi connectivity index (χ1v) is 4.65. The Labute approximate surface area is 85.4 Å². The fraction of sp³-hybridized carbons (Fsp3) is 0. The summed E-state index contributed by atoms with van der Waals surface area (Å²) in [4.78, 5) is 26.0. The minimum absolute atomic E-state index is 0.426. The number of H-pyrrole nitrogens is 1. The number of fused-ring (bicyclic) bond motifs is 3. The van der Waals surface area contributed by atoms with Crippen LogP contribution in [0, 0.1) is 0 Å². The van der Waals surface area contributed by atoms with Gasteiger partial charge >= 0.3 is 0 Å². The summed E-state index contributed by atoms with van der Waals surface area (Å²) in [6.07, 6.45) is 2.96. The minimum atomic E-state index is -0.452. The number of aromatic nitrogens is 1. The van der Waals surface area contributed by atoms with E-state index in [0.29, 0.717) is 5.56 Å². The van der Waals surface area contributed by atoms with Crippen LogP contribution in [-0.4, -0.2) is 16.6 Å². The summed E-state index contributed by atoms with van der Waals surface area (Å²) in [6, 6.07) is 7.47. The first-order valence-electron chi connectivity index (χ1n) is 4.65. The summed E-state index contributed by atoms with van der Waals surface area (Å²) < 4.78 is 0. The van der Waals surface area contributed by atoms with Crippen molar-refractivity contribution in [1.29, 1.82) is 0 Å². The maximum Gasteiger partial charge on any atom is 0.235 e. The SMILES string of the molecule is O=C1C=Cc2[nH]c3ccccc3c2C1=O. The molecule has 0 aliphatic heterocycles. The third-order valence-corrected chi connectivity index (χ3v) is 2.59. The molecule has 0 saturated carbocycles. The first kappa shape index (κ1) is 8.17. The predicted octanol–water partition coefficient (Wildman–Crippen LogP) is 1.95. The van der Waals surface area contributed by atoms with Gasteiger partial charge in [-0.1, -0.05) is 18.2 Å². The summed E-state index contributed by atoms with van der Waals surface area (Å²) in [7, 11) is 0. The van der Waals surface area contributed by atoms with Gasteiger partial charge in [0.25, 0.3) is 0 Å². The van der Waals surface area contributed by atoms with Crippen LogP contribution in [0.1, 0.15) is 16.1 Å². The van der Waals surface area contributed by atoms with E-state index in [9.17, 15) is 9.59 Å². The van der Waals surface area contributed by atoms with E-state index in [1.807, 2.05) is 24.3 Å².